The van der Waals surface area contributed by atoms with Gasteiger partial charge in [0.15, 0.2) is 5.76 Å². The van der Waals surface area contributed by atoms with Crippen molar-refractivity contribution in [1.82, 2.24) is 15.0 Å². The molecule has 0 unspecified atom stereocenters. The third-order valence-electron chi connectivity index (χ3n) is 4.67. The number of carbonyl (C=O) groups excluding carboxylic acids is 2. The predicted octanol–water partition coefficient (Wildman–Crippen LogP) is 2.54. The lowest BCUT2D eigenvalue weighted by atomic mass is 10.1. The predicted molar refractivity (Wildman–Crippen MR) is 99.0 cm³/mol. The van der Waals surface area contributed by atoms with Crippen LogP contribution in [0.1, 0.15) is 21.1 Å². The number of piperazine rings is 1. The van der Waals surface area contributed by atoms with Gasteiger partial charge in [0, 0.05) is 37.8 Å². The largest absolute Gasteiger partial charge is 0.497 e. The third-order valence-corrected chi connectivity index (χ3v) is 4.67. The van der Waals surface area contributed by atoms with Gasteiger partial charge in [0.05, 0.1) is 13.4 Å². The highest BCUT2D eigenvalue weighted by atomic mass is 16.5. The molecule has 0 spiro atoms. The fraction of sp³-hybridized carbons (Fsp3) is 0.250. The van der Waals surface area contributed by atoms with Crippen molar-refractivity contribution in [3.05, 3.63) is 60.2 Å². The molecule has 3 aromatic rings. The molecule has 0 saturated carbocycles. The van der Waals surface area contributed by atoms with Crippen LogP contribution < -0.4 is 4.74 Å². The molecular weight excluding hydrogens is 362 g/mol. The summed E-state index contributed by atoms with van der Waals surface area (Å²) in [5, 5.41) is 4.00. The van der Waals surface area contributed by atoms with Gasteiger partial charge < -0.3 is 23.5 Å². The first kappa shape index (κ1) is 17.8. The number of ether oxygens (including phenoxy) is 1. The maximum absolute atomic E-state index is 12.7. The van der Waals surface area contributed by atoms with E-state index in [1.165, 1.54) is 6.26 Å². The number of nitrogens with zero attached hydrogens (tertiary/aromatic N) is 3. The van der Waals surface area contributed by atoms with Crippen molar-refractivity contribution in [2.45, 2.75) is 0 Å². The monoisotopic (exact) mass is 381 g/mol. The molecular formula is C20H19N3O5. The number of carbonyl (C=O) groups is 2. The van der Waals surface area contributed by atoms with Gasteiger partial charge in [0.25, 0.3) is 11.8 Å². The normalized spacial score (nSPS) is 14.2. The Morgan fingerprint density at radius 1 is 0.964 bits per heavy atom. The number of aromatic nitrogens is 1. The fourth-order valence-electron chi connectivity index (χ4n) is 3.12. The van der Waals surface area contributed by atoms with Crippen molar-refractivity contribution in [2.75, 3.05) is 33.3 Å². The van der Waals surface area contributed by atoms with E-state index in [0.29, 0.717) is 43.4 Å². The first-order valence-electron chi connectivity index (χ1n) is 8.89. The summed E-state index contributed by atoms with van der Waals surface area (Å²) >= 11 is 0. The van der Waals surface area contributed by atoms with Crippen LogP contribution in [-0.2, 0) is 0 Å². The molecule has 0 atom stereocenters. The highest BCUT2D eigenvalue weighted by Gasteiger charge is 2.28. The average molecular weight is 381 g/mol. The van der Waals surface area contributed by atoms with Crippen LogP contribution in [-0.4, -0.2) is 60.1 Å². The summed E-state index contributed by atoms with van der Waals surface area (Å²) in [5.74, 6) is 0.760. The van der Waals surface area contributed by atoms with Crippen molar-refractivity contribution in [2.24, 2.45) is 0 Å². The molecule has 28 heavy (non-hydrogen) atoms. The number of hydrogen-bond acceptors (Lipinski definition) is 6. The summed E-state index contributed by atoms with van der Waals surface area (Å²) in [5.41, 5.74) is 1.37. The lowest BCUT2D eigenvalue weighted by Gasteiger charge is -2.33. The van der Waals surface area contributed by atoms with Crippen LogP contribution in [0.25, 0.3) is 11.3 Å². The Morgan fingerprint density at radius 2 is 1.68 bits per heavy atom. The molecule has 4 rings (SSSR count). The molecule has 0 bridgehead atoms. The maximum Gasteiger partial charge on any atom is 0.292 e. The van der Waals surface area contributed by atoms with Gasteiger partial charge in [0.1, 0.15) is 11.4 Å². The van der Waals surface area contributed by atoms with E-state index in [0.717, 1.165) is 5.56 Å². The van der Waals surface area contributed by atoms with E-state index in [-0.39, 0.29) is 17.6 Å². The summed E-state index contributed by atoms with van der Waals surface area (Å²) in [6.45, 7) is 1.70. The van der Waals surface area contributed by atoms with Crippen molar-refractivity contribution < 1.29 is 23.3 Å². The Balaban J connectivity index is 1.40. The van der Waals surface area contributed by atoms with Gasteiger partial charge in [-0.15, -0.1) is 0 Å². The quantitative estimate of drug-likeness (QED) is 0.690. The van der Waals surface area contributed by atoms with Crippen LogP contribution in [0.5, 0.6) is 5.75 Å². The Kier molecular flexibility index (Phi) is 4.84. The molecule has 1 aromatic carbocycles. The lowest BCUT2D eigenvalue weighted by molar-refractivity contribution is 0.0497. The molecule has 1 fully saturated rings. The third kappa shape index (κ3) is 3.48. The summed E-state index contributed by atoms with van der Waals surface area (Å²) in [4.78, 5) is 28.4. The van der Waals surface area contributed by atoms with Crippen LogP contribution in [0, 0.1) is 0 Å². The molecule has 0 radical (unpaired) electrons. The first-order valence-corrected chi connectivity index (χ1v) is 8.89. The summed E-state index contributed by atoms with van der Waals surface area (Å²) in [7, 11) is 1.59. The summed E-state index contributed by atoms with van der Waals surface area (Å²) < 4.78 is 15.6. The molecule has 8 heteroatoms. The van der Waals surface area contributed by atoms with Crippen LogP contribution in [0.3, 0.4) is 0 Å². The van der Waals surface area contributed by atoms with Crippen molar-refractivity contribution in [1.29, 1.82) is 0 Å². The Morgan fingerprint density at radius 3 is 2.32 bits per heavy atom. The molecule has 0 aliphatic carbocycles. The van der Waals surface area contributed by atoms with Crippen LogP contribution >= 0.6 is 0 Å². The van der Waals surface area contributed by atoms with E-state index in [9.17, 15) is 9.59 Å². The molecule has 1 saturated heterocycles. The van der Waals surface area contributed by atoms with E-state index in [2.05, 4.69) is 5.16 Å². The van der Waals surface area contributed by atoms with Gasteiger partial charge in [-0.05, 0) is 24.3 Å². The molecule has 1 aliphatic rings. The van der Waals surface area contributed by atoms with E-state index in [1.54, 1.807) is 35.1 Å². The van der Waals surface area contributed by atoms with Crippen molar-refractivity contribution >= 4 is 11.8 Å². The van der Waals surface area contributed by atoms with Gasteiger partial charge in [-0.3, -0.25) is 9.59 Å². The first-order chi connectivity index (χ1) is 13.7. The number of rotatable bonds is 4. The van der Waals surface area contributed by atoms with E-state index in [4.69, 9.17) is 13.7 Å². The second-order valence-electron chi connectivity index (χ2n) is 6.37. The lowest BCUT2D eigenvalue weighted by Crippen LogP contribution is -2.50. The van der Waals surface area contributed by atoms with Gasteiger partial charge in [-0.1, -0.05) is 17.3 Å². The van der Waals surface area contributed by atoms with Crippen molar-refractivity contribution in [3.63, 3.8) is 0 Å². The summed E-state index contributed by atoms with van der Waals surface area (Å²) in [6, 6.07) is 12.3. The highest BCUT2D eigenvalue weighted by Crippen LogP contribution is 2.24. The van der Waals surface area contributed by atoms with Gasteiger partial charge in [-0.2, -0.15) is 0 Å². The molecule has 3 heterocycles. The zero-order valence-corrected chi connectivity index (χ0v) is 15.3. The molecule has 144 valence electrons. The van der Waals surface area contributed by atoms with Gasteiger partial charge >= 0.3 is 0 Å². The number of benzene rings is 1. The van der Waals surface area contributed by atoms with Gasteiger partial charge in [-0.25, -0.2) is 0 Å². The Bertz CT molecular complexity index is 971. The second-order valence-corrected chi connectivity index (χ2v) is 6.37. The molecule has 1 aliphatic heterocycles. The van der Waals surface area contributed by atoms with E-state index >= 15 is 0 Å². The molecule has 0 N–H and O–H groups in total. The SMILES string of the molecule is COc1cccc(-c2cc(C(=O)N3CCN(C(=O)c4ccco4)CC3)on2)c1. The zero-order chi connectivity index (χ0) is 19.5. The van der Waals surface area contributed by atoms with Gasteiger partial charge in [0.2, 0.25) is 5.76 Å². The van der Waals surface area contributed by atoms with E-state index in [1.807, 2.05) is 24.3 Å². The van der Waals surface area contributed by atoms with Crippen LogP contribution in [0.15, 0.2) is 57.7 Å². The summed E-state index contributed by atoms with van der Waals surface area (Å²) in [6.07, 6.45) is 1.47. The Hall–Kier alpha value is -3.55. The minimum absolute atomic E-state index is 0.169. The molecule has 8 nitrogen and oxygen atoms in total. The standard InChI is InChI=1S/C20H19N3O5/c1-26-15-5-2-4-14(12-15)16-13-18(28-21-16)20(25)23-9-7-22(8-10-23)19(24)17-6-3-11-27-17/h2-6,11-13H,7-10H2,1H3. The number of amides is 2. The van der Waals surface area contributed by atoms with Crippen LogP contribution in [0.4, 0.5) is 0 Å². The van der Waals surface area contributed by atoms with E-state index < -0.39 is 0 Å². The number of furan rings is 1. The smallest absolute Gasteiger partial charge is 0.292 e. The minimum Gasteiger partial charge on any atom is -0.497 e. The topological polar surface area (TPSA) is 89.0 Å². The maximum atomic E-state index is 12.7. The van der Waals surface area contributed by atoms with Crippen molar-refractivity contribution in [3.8, 4) is 17.0 Å². The average Bonchev–Trinajstić information content (AvgIpc) is 3.45. The zero-order valence-electron chi connectivity index (χ0n) is 15.3. The fourth-order valence-corrected chi connectivity index (χ4v) is 3.12. The minimum atomic E-state index is -0.244. The molecule has 2 aromatic heterocycles. The number of hydrogen-bond donors (Lipinski definition) is 0. The number of methoxy groups -OCH3 is 1. The highest BCUT2D eigenvalue weighted by molar-refractivity contribution is 5.93. The second kappa shape index (κ2) is 7.59. The molecule has 2 amide bonds. The Labute approximate surface area is 161 Å². The van der Waals surface area contributed by atoms with Crippen LogP contribution in [0.2, 0.25) is 0 Å².